The molecule has 2 amide bonds. The van der Waals surface area contributed by atoms with E-state index in [0.29, 0.717) is 23.2 Å². The molecule has 3 aromatic rings. The normalized spacial score (nSPS) is 10.6. The lowest BCUT2D eigenvalue weighted by atomic mass is 10.1. The average Bonchev–Trinajstić information content (AvgIpc) is 2.75. The van der Waals surface area contributed by atoms with Crippen LogP contribution in [-0.2, 0) is 4.79 Å². The molecule has 0 aliphatic heterocycles. The smallest absolute Gasteiger partial charge is 0.262 e. The minimum Gasteiger partial charge on any atom is -0.484 e. The summed E-state index contributed by atoms with van der Waals surface area (Å²) in [4.78, 5) is 33.3. The molecule has 0 spiro atoms. The number of amides is 2. The van der Waals surface area contributed by atoms with Gasteiger partial charge in [0.15, 0.2) is 6.61 Å². The highest BCUT2D eigenvalue weighted by atomic mass is 35.5. The molecule has 0 aliphatic rings. The van der Waals surface area contributed by atoms with Crippen molar-refractivity contribution in [2.24, 2.45) is 0 Å². The molecule has 3 rings (SSSR count). The summed E-state index contributed by atoms with van der Waals surface area (Å²) in [6.07, 6.45) is 0.332. The Morgan fingerprint density at radius 1 is 1.09 bits per heavy atom. The molecule has 166 valence electrons. The zero-order chi connectivity index (χ0) is 23.3. The molecule has 2 N–H and O–H groups in total. The van der Waals surface area contributed by atoms with Gasteiger partial charge in [-0.15, -0.1) is 0 Å². The summed E-state index contributed by atoms with van der Waals surface area (Å²) in [5, 5.41) is 5.33. The number of nitrogens with one attached hydrogen (secondary N) is 2. The highest BCUT2D eigenvalue weighted by Gasteiger charge is 2.10. The molecule has 0 aliphatic carbocycles. The lowest BCUT2D eigenvalue weighted by Crippen LogP contribution is -2.31. The lowest BCUT2D eigenvalue weighted by Gasteiger charge is -2.11. The van der Waals surface area contributed by atoms with Gasteiger partial charge in [-0.2, -0.15) is 0 Å². The number of nitrogens with zero attached hydrogens (tertiary/aromatic N) is 2. The third-order valence-electron chi connectivity index (χ3n) is 4.63. The number of aryl methyl sites for hydroxylation is 2. The van der Waals surface area contributed by atoms with Crippen LogP contribution in [0.3, 0.4) is 0 Å². The zero-order valence-corrected chi connectivity index (χ0v) is 18.4. The third kappa shape index (κ3) is 6.01. The van der Waals surface area contributed by atoms with Crippen LogP contribution < -0.4 is 15.4 Å². The van der Waals surface area contributed by atoms with Crippen molar-refractivity contribution in [1.82, 2.24) is 20.6 Å². The number of hydrogen-bond acceptors (Lipinski definition) is 5. The van der Waals surface area contributed by atoms with E-state index in [0.717, 1.165) is 23.0 Å². The second-order valence-electron chi connectivity index (χ2n) is 7.12. The summed E-state index contributed by atoms with van der Waals surface area (Å²) < 4.78 is 18.6. The van der Waals surface area contributed by atoms with Gasteiger partial charge in [0.2, 0.25) is 0 Å². The molecule has 0 radical (unpaired) electrons. The molecular weight excluding hydrogens is 435 g/mol. The van der Waals surface area contributed by atoms with Crippen molar-refractivity contribution in [3.63, 3.8) is 0 Å². The molecule has 0 bridgehead atoms. The van der Waals surface area contributed by atoms with Gasteiger partial charge in [0.25, 0.3) is 11.8 Å². The van der Waals surface area contributed by atoms with E-state index in [2.05, 4.69) is 27.2 Å². The number of aromatic nitrogens is 2. The predicted octanol–water partition coefficient (Wildman–Crippen LogP) is 3.87. The maximum atomic E-state index is 13.4. The number of carbonyl (C=O) groups excluding carboxylic acids is 2. The first-order chi connectivity index (χ1) is 15.2. The highest BCUT2D eigenvalue weighted by Crippen LogP contribution is 2.20. The largest absolute Gasteiger partial charge is 0.484 e. The minimum atomic E-state index is -0.631. The summed E-state index contributed by atoms with van der Waals surface area (Å²) in [5.74, 6) is -1.16. The van der Waals surface area contributed by atoms with Crippen LogP contribution in [0.4, 0.5) is 4.39 Å². The molecular formula is C23H22ClFN4O3. The molecule has 0 unspecified atom stereocenters. The van der Waals surface area contributed by atoms with E-state index in [-0.39, 0.29) is 29.8 Å². The van der Waals surface area contributed by atoms with Gasteiger partial charge in [0.1, 0.15) is 11.6 Å². The van der Waals surface area contributed by atoms with Crippen LogP contribution in [0.25, 0.3) is 11.0 Å². The Bertz CT molecular complexity index is 1200. The zero-order valence-electron chi connectivity index (χ0n) is 17.7. The molecule has 1 heterocycles. The van der Waals surface area contributed by atoms with Gasteiger partial charge >= 0.3 is 0 Å². The van der Waals surface area contributed by atoms with E-state index >= 15 is 0 Å². The molecule has 0 saturated carbocycles. The van der Waals surface area contributed by atoms with E-state index in [1.54, 1.807) is 18.2 Å². The molecule has 32 heavy (non-hydrogen) atoms. The van der Waals surface area contributed by atoms with Gasteiger partial charge in [-0.3, -0.25) is 9.59 Å². The topological polar surface area (TPSA) is 93.2 Å². The van der Waals surface area contributed by atoms with E-state index in [1.807, 2.05) is 13.8 Å². The Balaban J connectivity index is 1.44. The van der Waals surface area contributed by atoms with Gasteiger partial charge in [-0.25, -0.2) is 14.4 Å². The molecule has 0 fully saturated rings. The van der Waals surface area contributed by atoms with E-state index in [4.69, 9.17) is 16.3 Å². The van der Waals surface area contributed by atoms with Crippen molar-refractivity contribution in [2.45, 2.75) is 20.3 Å². The molecule has 0 saturated heterocycles. The summed E-state index contributed by atoms with van der Waals surface area (Å²) in [6, 6.07) is 9.04. The fourth-order valence-electron chi connectivity index (χ4n) is 2.81. The fraction of sp³-hybridized carbons (Fsp3) is 0.217. The van der Waals surface area contributed by atoms with Crippen molar-refractivity contribution in [3.8, 4) is 5.75 Å². The lowest BCUT2D eigenvalue weighted by molar-refractivity contribution is -0.122. The van der Waals surface area contributed by atoms with Crippen LogP contribution in [0.15, 0.2) is 48.7 Å². The Kier molecular flexibility index (Phi) is 7.37. The highest BCUT2D eigenvalue weighted by molar-refractivity contribution is 6.30. The Morgan fingerprint density at radius 2 is 1.81 bits per heavy atom. The first-order valence-electron chi connectivity index (χ1n) is 9.81. The van der Waals surface area contributed by atoms with Crippen molar-refractivity contribution in [3.05, 3.63) is 76.5 Å². The second-order valence-corrected chi connectivity index (χ2v) is 7.53. The molecule has 0 atom stereocenters. The summed E-state index contributed by atoms with van der Waals surface area (Å²) in [6.45, 7) is 7.48. The Hall–Kier alpha value is -3.52. The average molecular weight is 457 g/mol. The van der Waals surface area contributed by atoms with Crippen LogP contribution in [0.2, 0.25) is 5.02 Å². The maximum Gasteiger partial charge on any atom is 0.262 e. The molecule has 1 aromatic heterocycles. The number of ether oxygens (including phenoxy) is 1. The monoisotopic (exact) mass is 456 g/mol. The number of carbonyl (C=O) groups is 2. The summed E-state index contributed by atoms with van der Waals surface area (Å²) in [5.41, 5.74) is 3.92. The van der Waals surface area contributed by atoms with Crippen LogP contribution in [0.5, 0.6) is 5.75 Å². The summed E-state index contributed by atoms with van der Waals surface area (Å²) >= 11 is 5.60. The second kappa shape index (κ2) is 10.2. The van der Waals surface area contributed by atoms with E-state index in [9.17, 15) is 14.0 Å². The van der Waals surface area contributed by atoms with Gasteiger partial charge in [0, 0.05) is 30.3 Å². The minimum absolute atomic E-state index is 0.0287. The quantitative estimate of drug-likeness (QED) is 0.536. The van der Waals surface area contributed by atoms with E-state index < -0.39 is 11.7 Å². The summed E-state index contributed by atoms with van der Waals surface area (Å²) in [7, 11) is 0. The van der Waals surface area contributed by atoms with Crippen molar-refractivity contribution < 1.29 is 18.7 Å². The number of rotatable bonds is 8. The van der Waals surface area contributed by atoms with Crippen LogP contribution >= 0.6 is 11.6 Å². The number of benzene rings is 2. The van der Waals surface area contributed by atoms with Gasteiger partial charge in [0.05, 0.1) is 27.4 Å². The molecule has 2 aromatic carbocycles. The van der Waals surface area contributed by atoms with Crippen LogP contribution in [0, 0.1) is 19.7 Å². The third-order valence-corrected chi connectivity index (χ3v) is 4.93. The number of hydrogen-bond donors (Lipinski definition) is 2. The Morgan fingerprint density at radius 3 is 2.53 bits per heavy atom. The van der Waals surface area contributed by atoms with Gasteiger partial charge in [-0.05, 0) is 44.2 Å². The van der Waals surface area contributed by atoms with Crippen LogP contribution in [0.1, 0.15) is 28.2 Å². The number of fused-ring (bicyclic) bond motifs is 1. The predicted molar refractivity (Wildman–Crippen MR) is 120 cm³/mol. The number of halogens is 2. The molecule has 9 heteroatoms. The first kappa shape index (κ1) is 23.1. The first-order valence-corrected chi connectivity index (χ1v) is 10.2. The van der Waals surface area contributed by atoms with Crippen molar-refractivity contribution >= 4 is 34.4 Å². The Labute approximate surface area is 189 Å². The fourth-order valence-corrected chi connectivity index (χ4v) is 2.93. The van der Waals surface area contributed by atoms with Gasteiger partial charge < -0.3 is 15.4 Å². The maximum absolute atomic E-state index is 13.4. The molecule has 7 nitrogen and oxygen atoms in total. The van der Waals surface area contributed by atoms with Crippen LogP contribution in [-0.4, -0.2) is 34.9 Å². The SMILES string of the molecule is C=C(CCNC(=O)c1ccc2nc(C)c(C)nc2c1)NC(=O)COc1ccc(Cl)c(F)c1. The van der Waals surface area contributed by atoms with Gasteiger partial charge in [-0.1, -0.05) is 18.2 Å². The standard InChI is InChI=1S/C23H22ClFN4O3/c1-13(27-22(30)12-32-17-5-6-18(24)19(25)11-17)8-9-26-23(31)16-4-7-20-21(10-16)29-15(3)14(2)28-20/h4-7,10-11H,1,8-9,12H2,2-3H3,(H,26,31)(H,27,30). The van der Waals surface area contributed by atoms with Crippen molar-refractivity contribution in [2.75, 3.05) is 13.2 Å². The van der Waals surface area contributed by atoms with E-state index in [1.165, 1.54) is 12.1 Å². The van der Waals surface area contributed by atoms with Crippen molar-refractivity contribution in [1.29, 1.82) is 0 Å².